The van der Waals surface area contributed by atoms with Crippen LogP contribution in [0.3, 0.4) is 0 Å². The van der Waals surface area contributed by atoms with Gasteiger partial charge in [0.25, 0.3) is 5.91 Å². The van der Waals surface area contributed by atoms with E-state index in [-0.39, 0.29) is 5.56 Å². The number of halogens is 1. The van der Waals surface area contributed by atoms with Crippen molar-refractivity contribution in [2.24, 2.45) is 5.73 Å². The molecule has 4 heterocycles. The van der Waals surface area contributed by atoms with Crippen LogP contribution < -0.4 is 5.73 Å². The molecule has 0 unspecified atom stereocenters. The fourth-order valence-corrected chi connectivity index (χ4v) is 3.96. The summed E-state index contributed by atoms with van der Waals surface area (Å²) in [7, 11) is 2.10. The van der Waals surface area contributed by atoms with Crippen molar-refractivity contribution in [1.82, 2.24) is 29.0 Å². The number of nitrogens with two attached hydrogens (primary N) is 1. The van der Waals surface area contributed by atoms with Gasteiger partial charge in [-0.3, -0.25) is 14.2 Å². The number of imidazole rings is 1. The summed E-state index contributed by atoms with van der Waals surface area (Å²) in [4.78, 5) is 22.9. The lowest BCUT2D eigenvalue weighted by molar-refractivity contribution is 0.0996. The van der Waals surface area contributed by atoms with Crippen molar-refractivity contribution < 1.29 is 9.18 Å². The molecule has 1 aliphatic rings. The van der Waals surface area contributed by atoms with E-state index < -0.39 is 11.7 Å². The zero-order chi connectivity index (χ0) is 22.4. The Morgan fingerprint density at radius 2 is 2.00 bits per heavy atom. The van der Waals surface area contributed by atoms with E-state index in [1.807, 2.05) is 16.8 Å². The van der Waals surface area contributed by atoms with Crippen LogP contribution in [-0.4, -0.2) is 55.1 Å². The van der Waals surface area contributed by atoms with Crippen LogP contribution in [0.2, 0.25) is 0 Å². The quantitative estimate of drug-likeness (QED) is 0.536. The SMILES string of the molecule is Cc1cc(F)c(C(N)=O)cc1-n1cc(-c2cnc3cnc(C4=CCN(C)CC4)cn23)cn1. The van der Waals surface area contributed by atoms with E-state index in [0.29, 0.717) is 11.3 Å². The van der Waals surface area contributed by atoms with Gasteiger partial charge in [-0.25, -0.2) is 14.1 Å². The average Bonchev–Trinajstić information content (AvgIpc) is 3.40. The van der Waals surface area contributed by atoms with Crippen LogP contribution in [0, 0.1) is 12.7 Å². The number of nitrogens with zero attached hydrogens (tertiary/aromatic N) is 6. The third kappa shape index (κ3) is 3.46. The van der Waals surface area contributed by atoms with E-state index in [9.17, 15) is 9.18 Å². The minimum Gasteiger partial charge on any atom is -0.366 e. The number of likely N-dealkylation sites (N-methyl/N-ethyl adjacent to an activating group) is 1. The first-order valence-electron chi connectivity index (χ1n) is 10.3. The Morgan fingerprint density at radius 1 is 1.16 bits per heavy atom. The number of rotatable bonds is 4. The molecule has 0 aliphatic carbocycles. The Labute approximate surface area is 183 Å². The number of carbonyl (C=O) groups is 1. The maximum absolute atomic E-state index is 14.1. The molecule has 0 saturated carbocycles. The van der Waals surface area contributed by atoms with E-state index in [0.717, 1.165) is 42.1 Å². The highest BCUT2D eigenvalue weighted by Gasteiger charge is 2.16. The van der Waals surface area contributed by atoms with E-state index in [4.69, 9.17) is 5.73 Å². The summed E-state index contributed by atoms with van der Waals surface area (Å²) in [6.45, 7) is 3.66. The van der Waals surface area contributed by atoms with Crippen LogP contribution in [0.25, 0.3) is 28.2 Å². The van der Waals surface area contributed by atoms with Crippen molar-refractivity contribution in [2.75, 3.05) is 20.1 Å². The molecule has 1 aliphatic heterocycles. The minimum absolute atomic E-state index is 0.167. The third-order valence-corrected chi connectivity index (χ3v) is 5.81. The van der Waals surface area contributed by atoms with Crippen molar-refractivity contribution in [3.63, 3.8) is 0 Å². The van der Waals surface area contributed by atoms with E-state index in [1.54, 1.807) is 30.2 Å². The van der Waals surface area contributed by atoms with Gasteiger partial charge in [0, 0.05) is 31.0 Å². The average molecular weight is 431 g/mol. The summed E-state index contributed by atoms with van der Waals surface area (Å²) >= 11 is 0. The second-order valence-electron chi connectivity index (χ2n) is 8.04. The van der Waals surface area contributed by atoms with Gasteiger partial charge in [0.1, 0.15) is 5.82 Å². The first-order chi connectivity index (χ1) is 15.4. The highest BCUT2D eigenvalue weighted by Crippen LogP contribution is 2.26. The zero-order valence-corrected chi connectivity index (χ0v) is 17.8. The molecule has 8 nitrogen and oxygen atoms in total. The summed E-state index contributed by atoms with van der Waals surface area (Å²) in [5.74, 6) is -1.46. The van der Waals surface area contributed by atoms with Crippen molar-refractivity contribution in [2.45, 2.75) is 13.3 Å². The lowest BCUT2D eigenvalue weighted by atomic mass is 10.1. The number of benzene rings is 1. The first kappa shape index (κ1) is 20.1. The summed E-state index contributed by atoms with van der Waals surface area (Å²) < 4.78 is 17.7. The predicted molar refractivity (Wildman–Crippen MR) is 119 cm³/mol. The Balaban J connectivity index is 1.55. The zero-order valence-electron chi connectivity index (χ0n) is 17.8. The van der Waals surface area contributed by atoms with Crippen LogP contribution in [0.5, 0.6) is 0 Å². The molecule has 0 saturated heterocycles. The largest absolute Gasteiger partial charge is 0.366 e. The molecule has 2 N–H and O–H groups in total. The Morgan fingerprint density at radius 3 is 2.75 bits per heavy atom. The van der Waals surface area contributed by atoms with Crippen molar-refractivity contribution in [3.8, 4) is 16.9 Å². The number of carbonyl (C=O) groups excluding carboxylic acids is 1. The molecular weight excluding hydrogens is 409 g/mol. The molecule has 0 radical (unpaired) electrons. The fraction of sp³-hybridized carbons (Fsp3) is 0.217. The van der Waals surface area contributed by atoms with Gasteiger partial charge in [0.05, 0.1) is 41.2 Å². The van der Waals surface area contributed by atoms with Crippen molar-refractivity contribution >= 4 is 17.1 Å². The lowest BCUT2D eigenvalue weighted by Crippen LogP contribution is -2.23. The molecule has 4 aromatic rings. The number of primary amides is 1. The van der Waals surface area contributed by atoms with Gasteiger partial charge in [-0.1, -0.05) is 6.08 Å². The topological polar surface area (TPSA) is 94.3 Å². The number of aromatic nitrogens is 5. The number of amides is 1. The maximum atomic E-state index is 14.1. The molecule has 32 heavy (non-hydrogen) atoms. The summed E-state index contributed by atoms with van der Waals surface area (Å²) in [5.41, 5.74) is 10.9. The molecule has 1 aromatic carbocycles. The summed E-state index contributed by atoms with van der Waals surface area (Å²) in [6, 6.07) is 2.71. The van der Waals surface area contributed by atoms with Crippen LogP contribution in [0.4, 0.5) is 4.39 Å². The van der Waals surface area contributed by atoms with Crippen molar-refractivity contribution in [1.29, 1.82) is 0 Å². The van der Waals surface area contributed by atoms with Gasteiger partial charge in [-0.2, -0.15) is 5.10 Å². The Hall–Kier alpha value is -3.85. The van der Waals surface area contributed by atoms with E-state index >= 15 is 0 Å². The van der Waals surface area contributed by atoms with Crippen LogP contribution in [0.15, 0.2) is 49.2 Å². The third-order valence-electron chi connectivity index (χ3n) is 5.81. The second kappa shape index (κ2) is 7.69. The molecule has 5 rings (SSSR count). The molecular formula is C23H22FN7O. The smallest absolute Gasteiger partial charge is 0.251 e. The Kier molecular flexibility index (Phi) is 4.82. The lowest BCUT2D eigenvalue weighted by Gasteiger charge is -2.21. The molecule has 0 bridgehead atoms. The molecule has 0 atom stereocenters. The normalized spacial score (nSPS) is 14.7. The maximum Gasteiger partial charge on any atom is 0.251 e. The molecule has 162 valence electrons. The predicted octanol–water partition coefficient (Wildman–Crippen LogP) is 2.85. The van der Waals surface area contributed by atoms with E-state index in [2.05, 4.69) is 33.1 Å². The monoisotopic (exact) mass is 431 g/mol. The summed E-state index contributed by atoms with van der Waals surface area (Å²) in [5, 5.41) is 4.43. The number of aryl methyl sites for hydroxylation is 1. The van der Waals surface area contributed by atoms with E-state index in [1.165, 1.54) is 17.7 Å². The molecule has 0 fully saturated rings. The van der Waals surface area contributed by atoms with Gasteiger partial charge in [0.2, 0.25) is 0 Å². The van der Waals surface area contributed by atoms with Crippen LogP contribution in [-0.2, 0) is 0 Å². The molecule has 0 spiro atoms. The van der Waals surface area contributed by atoms with Gasteiger partial charge in [-0.15, -0.1) is 0 Å². The van der Waals surface area contributed by atoms with Crippen molar-refractivity contribution in [3.05, 3.63) is 71.8 Å². The van der Waals surface area contributed by atoms with Gasteiger partial charge in [-0.05, 0) is 43.7 Å². The Bertz CT molecular complexity index is 1380. The van der Waals surface area contributed by atoms with Crippen LogP contribution >= 0.6 is 0 Å². The molecule has 1 amide bonds. The number of fused-ring (bicyclic) bond motifs is 1. The first-order valence-corrected chi connectivity index (χ1v) is 10.3. The van der Waals surface area contributed by atoms with Gasteiger partial charge >= 0.3 is 0 Å². The van der Waals surface area contributed by atoms with Crippen LogP contribution in [0.1, 0.15) is 28.0 Å². The fourth-order valence-electron chi connectivity index (χ4n) is 3.96. The minimum atomic E-state index is -0.818. The van der Waals surface area contributed by atoms with Gasteiger partial charge in [0.15, 0.2) is 5.65 Å². The molecule has 9 heteroatoms. The highest BCUT2D eigenvalue weighted by atomic mass is 19.1. The standard InChI is InChI=1S/C23H22FN7O/c1-14-7-18(24)17(23(25)32)8-20(14)31-12-16(9-28-31)21-10-27-22-11-26-19(13-30(21)22)15-3-5-29(2)6-4-15/h3,7-13H,4-6H2,1-2H3,(H2,25,32). The second-order valence-corrected chi connectivity index (χ2v) is 8.04. The highest BCUT2D eigenvalue weighted by molar-refractivity contribution is 5.93. The number of hydrogen-bond acceptors (Lipinski definition) is 5. The molecule has 3 aromatic heterocycles. The van der Waals surface area contributed by atoms with Gasteiger partial charge < -0.3 is 10.6 Å². The number of hydrogen-bond donors (Lipinski definition) is 1. The summed E-state index contributed by atoms with van der Waals surface area (Å²) in [6.07, 6.45) is 12.2.